The van der Waals surface area contributed by atoms with Gasteiger partial charge in [0, 0.05) is 5.10 Å². The van der Waals surface area contributed by atoms with E-state index >= 15 is 0 Å². The molecule has 7 nitrogen and oxygen atoms in total. The first-order chi connectivity index (χ1) is 15.1. The summed E-state index contributed by atoms with van der Waals surface area (Å²) in [6, 6.07) is 18.5. The summed E-state index contributed by atoms with van der Waals surface area (Å²) < 4.78 is 3.41. The molecule has 0 aliphatic carbocycles. The summed E-state index contributed by atoms with van der Waals surface area (Å²) in [5, 5.41) is 4.01. The Morgan fingerprint density at radius 1 is 0.968 bits per heavy atom. The molecular weight excluding hydrogens is 392 g/mol. The minimum absolute atomic E-state index is 0.148. The fraction of sp³-hybridized carbons (Fsp3) is 0.333. The van der Waals surface area contributed by atoms with Crippen LogP contribution in [-0.2, 0) is 47.3 Å². The molecule has 1 amide bonds. The number of carbonyl (C=O) groups excluding carboxylic acids is 2. The van der Waals surface area contributed by atoms with Gasteiger partial charge in [0.05, 0.1) is 26.4 Å². The first-order valence-corrected chi connectivity index (χ1v) is 10.6. The summed E-state index contributed by atoms with van der Waals surface area (Å²) in [5.74, 6) is -0.839. The van der Waals surface area contributed by atoms with Crippen molar-refractivity contribution in [1.82, 2.24) is 15.3 Å². The Hall–Kier alpha value is -3.48. The van der Waals surface area contributed by atoms with Gasteiger partial charge in [-0.25, -0.2) is 9.36 Å². The van der Waals surface area contributed by atoms with Crippen LogP contribution in [0.1, 0.15) is 36.0 Å². The van der Waals surface area contributed by atoms with E-state index in [1.54, 1.807) is 29.0 Å². The second-order valence-electron chi connectivity index (χ2n) is 7.59. The lowest BCUT2D eigenvalue weighted by Crippen LogP contribution is -2.34. The van der Waals surface area contributed by atoms with Crippen LogP contribution in [0.15, 0.2) is 67.3 Å². The maximum absolute atomic E-state index is 12.0. The van der Waals surface area contributed by atoms with Crippen molar-refractivity contribution in [3.8, 4) is 0 Å². The van der Waals surface area contributed by atoms with Gasteiger partial charge in [0.15, 0.2) is 0 Å². The molecule has 1 heterocycles. The van der Waals surface area contributed by atoms with Gasteiger partial charge >= 0.3 is 5.97 Å². The average Bonchev–Trinajstić information content (AvgIpc) is 3.21. The van der Waals surface area contributed by atoms with E-state index in [0.29, 0.717) is 6.54 Å². The van der Waals surface area contributed by atoms with Crippen molar-refractivity contribution in [3.05, 3.63) is 83.9 Å². The first-order valence-electron chi connectivity index (χ1n) is 10.6. The number of nitrogens with one attached hydrogen (secondary N) is 1. The number of hydroxylamine groups is 1. The highest BCUT2D eigenvalue weighted by molar-refractivity contribution is 5.79. The highest BCUT2D eigenvalue weighted by Gasteiger charge is 2.10. The normalized spacial score (nSPS) is 10.6. The molecule has 162 valence electrons. The van der Waals surface area contributed by atoms with Gasteiger partial charge in [-0.05, 0) is 42.4 Å². The van der Waals surface area contributed by atoms with Crippen molar-refractivity contribution in [2.45, 2.75) is 45.1 Å². The molecule has 3 rings (SSSR count). The van der Waals surface area contributed by atoms with E-state index in [0.717, 1.165) is 31.2 Å². The third-order valence-electron chi connectivity index (χ3n) is 4.96. The topological polar surface area (TPSA) is 77.1 Å². The van der Waals surface area contributed by atoms with E-state index in [1.807, 2.05) is 18.2 Å². The summed E-state index contributed by atoms with van der Waals surface area (Å²) in [6.07, 6.45) is 8.09. The maximum Gasteiger partial charge on any atom is 0.335 e. The molecule has 3 aromatic rings. The monoisotopic (exact) mass is 421 g/mol. The Morgan fingerprint density at radius 3 is 2.26 bits per heavy atom. The Labute approximate surface area is 182 Å². The second-order valence-corrected chi connectivity index (χ2v) is 7.59. The van der Waals surface area contributed by atoms with Gasteiger partial charge in [-0.3, -0.25) is 4.79 Å². The van der Waals surface area contributed by atoms with Gasteiger partial charge < -0.3 is 4.84 Å². The maximum atomic E-state index is 12.0. The average molecular weight is 422 g/mol. The molecule has 0 bridgehead atoms. The second kappa shape index (κ2) is 11.6. The molecule has 7 heteroatoms. The van der Waals surface area contributed by atoms with Crippen LogP contribution in [0.4, 0.5) is 0 Å². The molecule has 0 aliphatic rings. The SMILES string of the molecule is Cn1c[n+](CCC(=O)ONC(=O)Cc2ccc(CCCCc3ccccc3)cc2)cn1. The molecule has 0 fully saturated rings. The van der Waals surface area contributed by atoms with E-state index in [2.05, 4.69) is 47.0 Å². The first kappa shape index (κ1) is 22.2. The van der Waals surface area contributed by atoms with Gasteiger partial charge in [0.1, 0.15) is 0 Å². The number of aryl methyl sites for hydroxylation is 4. The van der Waals surface area contributed by atoms with Crippen LogP contribution in [0.25, 0.3) is 0 Å². The summed E-state index contributed by atoms with van der Waals surface area (Å²) in [5.41, 5.74) is 5.74. The highest BCUT2D eigenvalue weighted by Crippen LogP contribution is 2.11. The van der Waals surface area contributed by atoms with Crippen molar-refractivity contribution < 1.29 is 19.0 Å². The van der Waals surface area contributed by atoms with Gasteiger partial charge in [-0.2, -0.15) is 5.48 Å². The number of carbonyl (C=O) groups is 2. The Kier molecular flexibility index (Phi) is 8.34. The molecule has 0 unspecified atom stereocenters. The molecule has 0 radical (unpaired) electrons. The summed E-state index contributed by atoms with van der Waals surface area (Å²) in [4.78, 5) is 28.6. The molecule has 2 aromatic carbocycles. The zero-order chi connectivity index (χ0) is 21.9. The van der Waals surface area contributed by atoms with E-state index in [-0.39, 0.29) is 18.7 Å². The van der Waals surface area contributed by atoms with E-state index in [1.165, 1.54) is 11.1 Å². The molecule has 0 saturated heterocycles. The molecule has 0 saturated carbocycles. The summed E-state index contributed by atoms with van der Waals surface area (Å²) >= 11 is 0. The summed E-state index contributed by atoms with van der Waals surface area (Å²) in [6.45, 7) is 0.440. The Bertz CT molecular complexity index is 968. The van der Waals surface area contributed by atoms with Crippen LogP contribution in [0, 0.1) is 0 Å². The van der Waals surface area contributed by atoms with Gasteiger partial charge in [-0.1, -0.05) is 54.6 Å². The number of hydrogen-bond acceptors (Lipinski definition) is 4. The molecule has 1 aromatic heterocycles. The predicted molar refractivity (Wildman–Crippen MR) is 115 cm³/mol. The van der Waals surface area contributed by atoms with Crippen LogP contribution in [0.5, 0.6) is 0 Å². The smallest absolute Gasteiger partial charge is 0.335 e. The van der Waals surface area contributed by atoms with Crippen molar-refractivity contribution >= 4 is 11.9 Å². The largest absolute Gasteiger partial charge is 0.341 e. The molecule has 0 spiro atoms. The lowest BCUT2D eigenvalue weighted by atomic mass is 10.0. The third-order valence-corrected chi connectivity index (χ3v) is 4.96. The quantitative estimate of drug-likeness (QED) is 0.310. The number of nitrogens with zero attached hydrogens (tertiary/aromatic N) is 3. The van der Waals surface area contributed by atoms with Gasteiger partial charge in [-0.15, -0.1) is 4.68 Å². The number of aromatic nitrogens is 3. The number of rotatable bonds is 10. The fourth-order valence-electron chi connectivity index (χ4n) is 3.27. The Balaban J connectivity index is 1.31. The van der Waals surface area contributed by atoms with Crippen molar-refractivity contribution in [3.63, 3.8) is 0 Å². The zero-order valence-corrected chi connectivity index (χ0v) is 17.9. The van der Waals surface area contributed by atoms with E-state index < -0.39 is 5.97 Å². The minimum Gasteiger partial charge on any atom is -0.341 e. The van der Waals surface area contributed by atoms with E-state index in [4.69, 9.17) is 4.84 Å². The van der Waals surface area contributed by atoms with Crippen LogP contribution < -0.4 is 10.0 Å². The minimum atomic E-state index is -0.490. The number of hydrogen-bond donors (Lipinski definition) is 1. The molecule has 31 heavy (non-hydrogen) atoms. The molecule has 0 atom stereocenters. The highest BCUT2D eigenvalue weighted by atomic mass is 16.7. The third kappa shape index (κ3) is 8.04. The van der Waals surface area contributed by atoms with E-state index in [9.17, 15) is 9.59 Å². The van der Waals surface area contributed by atoms with Gasteiger partial charge in [0.25, 0.3) is 12.2 Å². The van der Waals surface area contributed by atoms with Crippen molar-refractivity contribution in [2.75, 3.05) is 0 Å². The lowest BCUT2D eigenvalue weighted by molar-refractivity contribution is -0.696. The Morgan fingerprint density at radius 2 is 1.61 bits per heavy atom. The molecular formula is C24H29N4O3+. The van der Waals surface area contributed by atoms with Crippen molar-refractivity contribution in [1.29, 1.82) is 0 Å². The lowest BCUT2D eigenvalue weighted by Gasteiger charge is -2.07. The fourth-order valence-corrected chi connectivity index (χ4v) is 3.27. The van der Waals surface area contributed by atoms with Crippen LogP contribution >= 0.6 is 0 Å². The molecule has 0 aliphatic heterocycles. The number of benzene rings is 2. The molecule has 1 N–H and O–H groups in total. The van der Waals surface area contributed by atoms with Crippen LogP contribution in [0.3, 0.4) is 0 Å². The standard InChI is InChI=1S/C24H28N4O3/c1-27-19-28(18-25-27)16-15-24(30)31-26-23(29)17-22-13-11-21(12-14-22)10-6-5-9-20-7-3-2-4-8-20/h2-4,7-8,11-14,18-19H,5-6,9-10,15-17H2,1H3/p+1. The van der Waals surface area contributed by atoms with Crippen molar-refractivity contribution in [2.24, 2.45) is 7.05 Å². The van der Waals surface area contributed by atoms with Crippen LogP contribution in [-0.4, -0.2) is 21.7 Å². The number of unbranched alkanes of at least 4 members (excludes halogenated alkanes) is 1. The summed E-state index contributed by atoms with van der Waals surface area (Å²) in [7, 11) is 1.80. The number of amides is 1. The predicted octanol–water partition coefficient (Wildman–Crippen LogP) is 2.48. The zero-order valence-electron chi connectivity index (χ0n) is 17.9. The van der Waals surface area contributed by atoms with Gasteiger partial charge in [0.2, 0.25) is 6.33 Å². The van der Waals surface area contributed by atoms with Crippen LogP contribution in [0.2, 0.25) is 0 Å².